The quantitative estimate of drug-likeness (QED) is 0.648. The molecule has 7 unspecified atom stereocenters. The third kappa shape index (κ3) is 4.65. The zero-order chi connectivity index (χ0) is 23.6. The van der Waals surface area contributed by atoms with Crippen molar-refractivity contribution in [1.82, 2.24) is 5.32 Å². The number of hydrogen-bond acceptors (Lipinski definition) is 6. The second kappa shape index (κ2) is 9.90. The van der Waals surface area contributed by atoms with E-state index < -0.39 is 6.10 Å². The first kappa shape index (κ1) is 24.5. The van der Waals surface area contributed by atoms with E-state index in [0.29, 0.717) is 38.5 Å². The third-order valence-corrected chi connectivity index (χ3v) is 8.61. The van der Waals surface area contributed by atoms with E-state index >= 15 is 0 Å². The first-order valence-corrected chi connectivity index (χ1v) is 12.1. The molecule has 2 saturated carbocycles. The maximum absolute atomic E-state index is 13.0. The van der Waals surface area contributed by atoms with Crippen LogP contribution in [-0.2, 0) is 25.5 Å². The summed E-state index contributed by atoms with van der Waals surface area (Å²) in [5.74, 6) is 0.958. The maximum atomic E-state index is 13.0. The summed E-state index contributed by atoms with van der Waals surface area (Å²) in [7, 11) is 3.29. The van der Waals surface area contributed by atoms with Gasteiger partial charge in [0.15, 0.2) is 6.29 Å². The molecule has 0 bridgehead atoms. The Bertz CT molecular complexity index is 833. The lowest BCUT2D eigenvalue weighted by Crippen LogP contribution is -2.63. The minimum absolute atomic E-state index is 0.0320. The lowest BCUT2D eigenvalue weighted by molar-refractivity contribution is -0.315. The standard InChI is InChI=1S/C26H39NO6/c1-25-12-11-22-26(2,16-32-24(33-22)15-30-3)21(25)10-9-19(28)18(25)13-23(29)27-14-17-7-5-6-8-20(17)31-4/h5-8,18-19,21-22,24,28H,9-16H2,1-4H3,(H,27,29). The van der Waals surface area contributed by atoms with E-state index in [0.717, 1.165) is 30.6 Å². The number of benzene rings is 1. The average Bonchev–Trinajstić information content (AvgIpc) is 2.80. The molecule has 1 amide bonds. The highest BCUT2D eigenvalue weighted by Gasteiger charge is 2.61. The van der Waals surface area contributed by atoms with Crippen molar-refractivity contribution in [2.75, 3.05) is 27.4 Å². The van der Waals surface area contributed by atoms with E-state index in [9.17, 15) is 9.90 Å². The van der Waals surface area contributed by atoms with Crippen LogP contribution in [0.3, 0.4) is 0 Å². The Labute approximate surface area is 197 Å². The van der Waals surface area contributed by atoms with Crippen LogP contribution in [0.15, 0.2) is 24.3 Å². The highest BCUT2D eigenvalue weighted by Crippen LogP contribution is 2.62. The molecule has 7 atom stereocenters. The van der Waals surface area contributed by atoms with Crippen LogP contribution in [-0.4, -0.2) is 56.9 Å². The van der Waals surface area contributed by atoms with E-state index in [1.807, 2.05) is 24.3 Å². The fourth-order valence-corrected chi connectivity index (χ4v) is 6.82. The van der Waals surface area contributed by atoms with Crippen molar-refractivity contribution in [3.05, 3.63) is 29.8 Å². The maximum Gasteiger partial charge on any atom is 0.220 e. The van der Waals surface area contributed by atoms with Crippen LogP contribution in [0.1, 0.15) is 51.5 Å². The van der Waals surface area contributed by atoms with Gasteiger partial charge in [0, 0.05) is 31.1 Å². The van der Waals surface area contributed by atoms with Gasteiger partial charge in [-0.05, 0) is 49.0 Å². The molecular weight excluding hydrogens is 422 g/mol. The molecule has 7 heteroatoms. The molecule has 1 saturated heterocycles. The highest BCUT2D eigenvalue weighted by molar-refractivity contribution is 5.76. The number of aliphatic hydroxyl groups excluding tert-OH is 1. The van der Waals surface area contributed by atoms with Crippen LogP contribution in [0, 0.1) is 22.7 Å². The van der Waals surface area contributed by atoms with Crippen molar-refractivity contribution in [1.29, 1.82) is 0 Å². The fourth-order valence-electron chi connectivity index (χ4n) is 6.82. The van der Waals surface area contributed by atoms with E-state index in [2.05, 4.69) is 19.2 Å². The molecule has 2 N–H and O–H groups in total. The summed E-state index contributed by atoms with van der Waals surface area (Å²) < 4.78 is 22.9. The van der Waals surface area contributed by atoms with Gasteiger partial charge in [0.25, 0.3) is 0 Å². The van der Waals surface area contributed by atoms with Crippen molar-refractivity contribution in [2.45, 2.75) is 71.0 Å². The van der Waals surface area contributed by atoms with Gasteiger partial charge >= 0.3 is 0 Å². The topological polar surface area (TPSA) is 86.3 Å². The largest absolute Gasteiger partial charge is 0.496 e. The van der Waals surface area contributed by atoms with E-state index in [1.54, 1.807) is 14.2 Å². The Morgan fingerprint density at radius 2 is 1.97 bits per heavy atom. The number of aliphatic hydroxyl groups is 1. The number of hydrogen-bond donors (Lipinski definition) is 2. The second-order valence-corrected chi connectivity index (χ2v) is 10.5. The number of methoxy groups -OCH3 is 2. The number of fused-ring (bicyclic) bond motifs is 3. The van der Waals surface area contributed by atoms with Gasteiger partial charge < -0.3 is 29.4 Å². The molecule has 0 aromatic heterocycles. The van der Waals surface area contributed by atoms with Gasteiger partial charge in [0.05, 0.1) is 32.5 Å². The fraction of sp³-hybridized carbons (Fsp3) is 0.731. The molecule has 1 aromatic rings. The lowest BCUT2D eigenvalue weighted by atomic mass is 9.46. The van der Waals surface area contributed by atoms with E-state index in [4.69, 9.17) is 18.9 Å². The van der Waals surface area contributed by atoms with Gasteiger partial charge in [-0.3, -0.25) is 4.79 Å². The Balaban J connectivity index is 1.45. The molecule has 1 aromatic carbocycles. The number of amides is 1. The van der Waals surface area contributed by atoms with Gasteiger partial charge in [-0.25, -0.2) is 0 Å². The third-order valence-electron chi connectivity index (χ3n) is 8.61. The molecule has 184 valence electrons. The number of carbonyl (C=O) groups is 1. The summed E-state index contributed by atoms with van der Waals surface area (Å²) in [5.41, 5.74) is 0.659. The van der Waals surface area contributed by atoms with Crippen molar-refractivity contribution < 1.29 is 28.8 Å². The molecule has 0 radical (unpaired) electrons. The first-order valence-electron chi connectivity index (χ1n) is 12.1. The molecule has 1 aliphatic heterocycles. The summed E-state index contributed by atoms with van der Waals surface area (Å²) in [6.07, 6.45) is 3.09. The lowest BCUT2D eigenvalue weighted by Gasteiger charge is -2.62. The van der Waals surface area contributed by atoms with Crippen molar-refractivity contribution in [3.63, 3.8) is 0 Å². The summed E-state index contributed by atoms with van der Waals surface area (Å²) in [6.45, 7) is 5.99. The van der Waals surface area contributed by atoms with Gasteiger partial charge in [0.2, 0.25) is 5.91 Å². The summed E-state index contributed by atoms with van der Waals surface area (Å²) in [6, 6.07) is 7.69. The van der Waals surface area contributed by atoms with Crippen LogP contribution < -0.4 is 10.1 Å². The number of para-hydroxylation sites is 1. The average molecular weight is 462 g/mol. The van der Waals surface area contributed by atoms with Crippen molar-refractivity contribution >= 4 is 5.91 Å². The minimum atomic E-state index is -0.477. The number of rotatable bonds is 7. The zero-order valence-corrected chi connectivity index (χ0v) is 20.3. The molecule has 4 rings (SSSR count). The van der Waals surface area contributed by atoms with Crippen molar-refractivity contribution in [3.8, 4) is 5.75 Å². The zero-order valence-electron chi connectivity index (χ0n) is 20.3. The first-order chi connectivity index (χ1) is 15.8. The Morgan fingerprint density at radius 3 is 2.73 bits per heavy atom. The van der Waals surface area contributed by atoms with Crippen molar-refractivity contribution in [2.24, 2.45) is 22.7 Å². The Morgan fingerprint density at radius 1 is 1.18 bits per heavy atom. The van der Waals surface area contributed by atoms with E-state index in [-0.39, 0.29) is 35.0 Å². The SMILES string of the molecule is COCC1OCC2(C)C(CCC3(C)C(CC(=O)NCc4ccccc4OC)C(O)CCC23)O1. The Hall–Kier alpha value is -1.67. The molecule has 1 heterocycles. The minimum Gasteiger partial charge on any atom is -0.496 e. The summed E-state index contributed by atoms with van der Waals surface area (Å²) in [4.78, 5) is 13.0. The molecule has 0 spiro atoms. The number of carbonyl (C=O) groups excluding carboxylic acids is 1. The van der Waals surface area contributed by atoms with Gasteiger partial charge in [-0.1, -0.05) is 32.0 Å². The predicted octanol–water partition coefficient (Wildman–Crippen LogP) is 3.28. The molecule has 3 aliphatic rings. The molecule has 3 fully saturated rings. The molecule has 33 heavy (non-hydrogen) atoms. The highest BCUT2D eigenvalue weighted by atomic mass is 16.7. The molecule has 7 nitrogen and oxygen atoms in total. The van der Waals surface area contributed by atoms with Crippen LogP contribution >= 0.6 is 0 Å². The Kier molecular flexibility index (Phi) is 7.34. The van der Waals surface area contributed by atoms with Gasteiger partial charge in [0.1, 0.15) is 5.75 Å². The predicted molar refractivity (Wildman–Crippen MR) is 124 cm³/mol. The normalized spacial score (nSPS) is 38.2. The monoisotopic (exact) mass is 461 g/mol. The second-order valence-electron chi connectivity index (χ2n) is 10.5. The van der Waals surface area contributed by atoms with Crippen LogP contribution in [0.2, 0.25) is 0 Å². The smallest absolute Gasteiger partial charge is 0.220 e. The molecular formula is C26H39NO6. The summed E-state index contributed by atoms with van der Waals surface area (Å²) >= 11 is 0. The van der Waals surface area contributed by atoms with Gasteiger partial charge in [-0.2, -0.15) is 0 Å². The summed E-state index contributed by atoms with van der Waals surface area (Å²) in [5, 5.41) is 14.0. The van der Waals surface area contributed by atoms with Crippen LogP contribution in [0.4, 0.5) is 0 Å². The molecule has 2 aliphatic carbocycles. The van der Waals surface area contributed by atoms with Crippen LogP contribution in [0.5, 0.6) is 5.75 Å². The van der Waals surface area contributed by atoms with E-state index in [1.165, 1.54) is 0 Å². The number of ether oxygens (including phenoxy) is 4. The van der Waals surface area contributed by atoms with Crippen LogP contribution in [0.25, 0.3) is 0 Å². The van der Waals surface area contributed by atoms with Gasteiger partial charge in [-0.15, -0.1) is 0 Å². The number of nitrogens with one attached hydrogen (secondary N) is 1.